The van der Waals surface area contributed by atoms with Crippen LogP contribution in [0.1, 0.15) is 0 Å². The second-order valence-electron chi connectivity index (χ2n) is 3.82. The number of hydrogen-bond acceptors (Lipinski definition) is 3. The summed E-state index contributed by atoms with van der Waals surface area (Å²) in [6.07, 6.45) is 3.23. The van der Waals surface area contributed by atoms with Gasteiger partial charge in [0.1, 0.15) is 5.82 Å². The molecular formula is C12H8ClFN4. The molecule has 2 aromatic heterocycles. The molecule has 0 aliphatic heterocycles. The molecule has 0 bridgehead atoms. The molecule has 1 aromatic carbocycles. The molecule has 0 spiro atoms. The summed E-state index contributed by atoms with van der Waals surface area (Å²) < 4.78 is 15.4. The molecule has 3 rings (SSSR count). The quantitative estimate of drug-likeness (QED) is 0.686. The molecule has 0 saturated heterocycles. The smallest absolute Gasteiger partial charge is 0.161 e. The van der Waals surface area contributed by atoms with E-state index in [0.717, 1.165) is 0 Å². The van der Waals surface area contributed by atoms with E-state index in [1.165, 1.54) is 10.6 Å². The minimum Gasteiger partial charge on any atom is -0.399 e. The van der Waals surface area contributed by atoms with Crippen molar-refractivity contribution in [3.05, 3.63) is 47.6 Å². The number of aromatic nitrogens is 3. The van der Waals surface area contributed by atoms with Crippen LogP contribution in [0.25, 0.3) is 16.8 Å². The molecule has 0 unspecified atom stereocenters. The Morgan fingerprint density at radius 2 is 2.06 bits per heavy atom. The third-order valence-corrected chi connectivity index (χ3v) is 2.80. The van der Waals surface area contributed by atoms with Crippen molar-refractivity contribution in [1.29, 1.82) is 0 Å². The Hall–Kier alpha value is -2.14. The van der Waals surface area contributed by atoms with Crippen LogP contribution in [0.2, 0.25) is 5.15 Å². The number of nitrogens with two attached hydrogens (primary N) is 1. The first kappa shape index (κ1) is 11.0. The van der Waals surface area contributed by atoms with Crippen LogP contribution >= 0.6 is 11.6 Å². The predicted octanol–water partition coefficient (Wildman–Crippen LogP) is 2.77. The largest absolute Gasteiger partial charge is 0.399 e. The molecule has 0 fully saturated rings. The van der Waals surface area contributed by atoms with Crippen molar-refractivity contribution in [2.24, 2.45) is 0 Å². The van der Waals surface area contributed by atoms with E-state index >= 15 is 0 Å². The van der Waals surface area contributed by atoms with E-state index in [2.05, 4.69) is 10.1 Å². The normalized spacial score (nSPS) is 11.0. The van der Waals surface area contributed by atoms with Crippen molar-refractivity contribution in [1.82, 2.24) is 14.6 Å². The highest BCUT2D eigenvalue weighted by atomic mass is 35.5. The van der Waals surface area contributed by atoms with Crippen LogP contribution in [-0.2, 0) is 0 Å². The summed E-state index contributed by atoms with van der Waals surface area (Å²) in [7, 11) is 0. The van der Waals surface area contributed by atoms with Gasteiger partial charge in [0.15, 0.2) is 10.8 Å². The van der Waals surface area contributed by atoms with Gasteiger partial charge >= 0.3 is 0 Å². The number of anilines is 1. The molecule has 0 saturated carbocycles. The van der Waals surface area contributed by atoms with Crippen LogP contribution in [0.5, 0.6) is 0 Å². The van der Waals surface area contributed by atoms with Crippen LogP contribution in [0.15, 0.2) is 36.7 Å². The number of imidazole rings is 1. The Balaban J connectivity index is 2.33. The van der Waals surface area contributed by atoms with E-state index in [9.17, 15) is 4.39 Å². The Kier molecular flexibility index (Phi) is 2.41. The molecule has 0 aliphatic rings. The molecule has 3 aromatic rings. The molecule has 2 N–H and O–H groups in total. The number of halogens is 2. The highest BCUT2D eigenvalue weighted by Crippen LogP contribution is 2.28. The van der Waals surface area contributed by atoms with E-state index < -0.39 is 5.82 Å². The van der Waals surface area contributed by atoms with Crippen molar-refractivity contribution in [3.63, 3.8) is 0 Å². The molecule has 18 heavy (non-hydrogen) atoms. The lowest BCUT2D eigenvalue weighted by molar-refractivity contribution is 0.632. The summed E-state index contributed by atoms with van der Waals surface area (Å²) >= 11 is 5.91. The first-order valence-corrected chi connectivity index (χ1v) is 5.58. The first-order valence-electron chi connectivity index (χ1n) is 5.20. The third-order valence-electron chi connectivity index (χ3n) is 2.61. The maximum absolute atomic E-state index is 13.9. The molecule has 0 radical (unpaired) electrons. The second-order valence-corrected chi connectivity index (χ2v) is 4.20. The van der Waals surface area contributed by atoms with Gasteiger partial charge in [-0.05, 0) is 24.3 Å². The van der Waals surface area contributed by atoms with Crippen molar-refractivity contribution in [2.75, 3.05) is 5.73 Å². The number of hydrogen-bond donors (Lipinski definition) is 1. The maximum atomic E-state index is 13.9. The summed E-state index contributed by atoms with van der Waals surface area (Å²) in [5, 5.41) is 4.31. The van der Waals surface area contributed by atoms with Crippen molar-refractivity contribution < 1.29 is 4.39 Å². The Labute approximate surface area is 107 Å². The summed E-state index contributed by atoms with van der Waals surface area (Å²) in [6, 6.07) is 6.08. The summed E-state index contributed by atoms with van der Waals surface area (Å²) in [5.41, 5.74) is 7.42. The van der Waals surface area contributed by atoms with Crippen molar-refractivity contribution in [3.8, 4) is 11.1 Å². The standard InChI is InChI=1S/C12H8ClFN4/c13-11-6-9(12-16-3-4-18(12)17-11)8-2-1-7(15)5-10(8)14/h1-6H,15H2. The minimum absolute atomic E-state index is 0.270. The predicted molar refractivity (Wildman–Crippen MR) is 67.8 cm³/mol. The van der Waals surface area contributed by atoms with Gasteiger partial charge in [-0.3, -0.25) is 0 Å². The van der Waals surface area contributed by atoms with Gasteiger partial charge < -0.3 is 5.73 Å². The topological polar surface area (TPSA) is 56.2 Å². The Morgan fingerprint density at radius 3 is 2.83 bits per heavy atom. The fourth-order valence-corrected chi connectivity index (χ4v) is 2.02. The molecule has 4 nitrogen and oxygen atoms in total. The SMILES string of the molecule is Nc1ccc(-c2cc(Cl)nn3ccnc23)c(F)c1. The molecule has 2 heterocycles. The monoisotopic (exact) mass is 262 g/mol. The average molecular weight is 263 g/mol. The Bertz CT molecular complexity index is 738. The van der Waals surface area contributed by atoms with E-state index in [0.29, 0.717) is 22.5 Å². The number of fused-ring (bicyclic) bond motifs is 1. The van der Waals surface area contributed by atoms with Crippen molar-refractivity contribution in [2.45, 2.75) is 0 Å². The fraction of sp³-hybridized carbons (Fsp3) is 0. The Morgan fingerprint density at radius 1 is 1.22 bits per heavy atom. The van der Waals surface area contributed by atoms with E-state index in [4.69, 9.17) is 17.3 Å². The number of benzene rings is 1. The molecule has 0 amide bonds. The second kappa shape index (κ2) is 3.96. The number of rotatable bonds is 1. The van der Waals surface area contributed by atoms with Gasteiger partial charge in [0.2, 0.25) is 0 Å². The highest BCUT2D eigenvalue weighted by Gasteiger charge is 2.12. The van der Waals surface area contributed by atoms with Crippen LogP contribution in [0.3, 0.4) is 0 Å². The summed E-state index contributed by atoms with van der Waals surface area (Å²) in [4.78, 5) is 4.14. The fourth-order valence-electron chi connectivity index (χ4n) is 1.83. The molecule has 90 valence electrons. The maximum Gasteiger partial charge on any atom is 0.161 e. The summed E-state index contributed by atoms with van der Waals surface area (Å²) in [6.45, 7) is 0. The van der Waals surface area contributed by atoms with Crippen LogP contribution in [-0.4, -0.2) is 14.6 Å². The van der Waals surface area contributed by atoms with Gasteiger partial charge in [0.25, 0.3) is 0 Å². The van der Waals surface area contributed by atoms with E-state index in [1.54, 1.807) is 30.6 Å². The lowest BCUT2D eigenvalue weighted by Crippen LogP contribution is -1.96. The van der Waals surface area contributed by atoms with Gasteiger partial charge in [-0.2, -0.15) is 5.10 Å². The van der Waals surface area contributed by atoms with Gasteiger partial charge in [-0.15, -0.1) is 0 Å². The summed E-state index contributed by atoms with van der Waals surface area (Å²) in [5.74, 6) is -0.415. The third kappa shape index (κ3) is 1.69. The van der Waals surface area contributed by atoms with Gasteiger partial charge in [0.05, 0.1) is 0 Å². The van der Waals surface area contributed by atoms with Crippen LogP contribution < -0.4 is 5.73 Å². The highest BCUT2D eigenvalue weighted by molar-refractivity contribution is 6.29. The first-order chi connectivity index (χ1) is 8.65. The zero-order chi connectivity index (χ0) is 12.7. The zero-order valence-electron chi connectivity index (χ0n) is 9.14. The lowest BCUT2D eigenvalue weighted by atomic mass is 10.1. The number of nitrogen functional groups attached to an aromatic ring is 1. The van der Waals surface area contributed by atoms with E-state index in [1.807, 2.05) is 0 Å². The van der Waals surface area contributed by atoms with Gasteiger partial charge in [-0.25, -0.2) is 13.9 Å². The molecule has 0 atom stereocenters. The average Bonchev–Trinajstić information content (AvgIpc) is 2.76. The van der Waals surface area contributed by atoms with E-state index in [-0.39, 0.29) is 5.15 Å². The van der Waals surface area contributed by atoms with Crippen LogP contribution in [0, 0.1) is 5.82 Å². The number of nitrogens with zero attached hydrogens (tertiary/aromatic N) is 3. The lowest BCUT2D eigenvalue weighted by Gasteiger charge is -2.06. The zero-order valence-corrected chi connectivity index (χ0v) is 9.89. The minimum atomic E-state index is -0.415. The van der Waals surface area contributed by atoms with Crippen LogP contribution in [0.4, 0.5) is 10.1 Å². The molecule has 6 heteroatoms. The molecular weight excluding hydrogens is 255 g/mol. The van der Waals surface area contributed by atoms with Gasteiger partial charge in [-0.1, -0.05) is 11.6 Å². The molecule has 0 aliphatic carbocycles. The van der Waals surface area contributed by atoms with Crippen molar-refractivity contribution >= 4 is 22.9 Å². The van der Waals surface area contributed by atoms with Gasteiger partial charge in [0, 0.05) is 29.2 Å².